The van der Waals surface area contributed by atoms with E-state index >= 15 is 0 Å². The van der Waals surface area contributed by atoms with E-state index in [1.54, 1.807) is 38.3 Å². The molecular formula is C17H15F3O3S. The van der Waals surface area contributed by atoms with Crippen LogP contribution in [0.25, 0.3) is 0 Å². The van der Waals surface area contributed by atoms with Gasteiger partial charge in [0.05, 0.1) is 12.7 Å². The fourth-order valence-electron chi connectivity index (χ4n) is 1.89. The van der Waals surface area contributed by atoms with Crippen LogP contribution >= 0.6 is 11.8 Å². The van der Waals surface area contributed by atoms with Gasteiger partial charge in [0.1, 0.15) is 16.7 Å². The highest BCUT2D eigenvalue weighted by Gasteiger charge is 2.35. The number of alkyl halides is 3. The molecule has 0 radical (unpaired) electrons. The molecule has 0 aliphatic rings. The van der Waals surface area contributed by atoms with E-state index in [2.05, 4.69) is 0 Å². The number of benzene rings is 2. The number of carbonyl (C=O) groups excluding carboxylic acids is 1. The standard InChI is InChI=1S/C17H15F3O3S/c1-11(24-13-9-7-12(22-2)8-10-13)16(21)23-15-6-4-3-5-14(15)17(18,19)20/h3-11H,1-2H3. The van der Waals surface area contributed by atoms with E-state index in [9.17, 15) is 18.0 Å². The van der Waals surface area contributed by atoms with Crippen molar-refractivity contribution in [3.8, 4) is 11.5 Å². The van der Waals surface area contributed by atoms with Crippen LogP contribution in [0.15, 0.2) is 53.4 Å². The highest BCUT2D eigenvalue weighted by atomic mass is 32.2. The van der Waals surface area contributed by atoms with E-state index < -0.39 is 28.7 Å². The van der Waals surface area contributed by atoms with Gasteiger partial charge >= 0.3 is 12.1 Å². The first-order chi connectivity index (χ1) is 11.3. The van der Waals surface area contributed by atoms with Crippen molar-refractivity contribution in [3.05, 3.63) is 54.1 Å². The van der Waals surface area contributed by atoms with Gasteiger partial charge in [-0.3, -0.25) is 4.79 Å². The Morgan fingerprint density at radius 1 is 1.08 bits per heavy atom. The molecule has 2 aromatic carbocycles. The zero-order chi connectivity index (χ0) is 17.7. The molecule has 0 bridgehead atoms. The van der Waals surface area contributed by atoms with Gasteiger partial charge in [0.25, 0.3) is 0 Å². The maximum absolute atomic E-state index is 12.9. The van der Waals surface area contributed by atoms with Crippen molar-refractivity contribution in [1.29, 1.82) is 0 Å². The Morgan fingerprint density at radius 2 is 1.71 bits per heavy atom. The Bertz CT molecular complexity index is 699. The molecule has 3 nitrogen and oxygen atoms in total. The lowest BCUT2D eigenvalue weighted by atomic mass is 10.2. The number of methoxy groups -OCH3 is 1. The third kappa shape index (κ3) is 4.67. The summed E-state index contributed by atoms with van der Waals surface area (Å²) >= 11 is 1.19. The molecule has 0 heterocycles. The predicted octanol–water partition coefficient (Wildman–Crippen LogP) is 4.80. The van der Waals surface area contributed by atoms with E-state index in [-0.39, 0.29) is 0 Å². The normalized spacial score (nSPS) is 12.5. The molecule has 1 unspecified atom stereocenters. The van der Waals surface area contributed by atoms with Crippen molar-refractivity contribution in [3.63, 3.8) is 0 Å². The molecular weight excluding hydrogens is 341 g/mol. The molecule has 7 heteroatoms. The molecule has 0 N–H and O–H groups in total. The van der Waals surface area contributed by atoms with Crippen LogP contribution in [0.4, 0.5) is 13.2 Å². The van der Waals surface area contributed by atoms with Crippen molar-refractivity contribution in [2.24, 2.45) is 0 Å². The zero-order valence-corrected chi connectivity index (χ0v) is 13.8. The number of esters is 1. The Balaban J connectivity index is 2.06. The Kier molecular flexibility index (Phi) is 5.77. The fraction of sp³-hybridized carbons (Fsp3) is 0.235. The van der Waals surface area contributed by atoms with Gasteiger partial charge in [-0.2, -0.15) is 13.2 Å². The number of ether oxygens (including phenoxy) is 2. The summed E-state index contributed by atoms with van der Waals surface area (Å²) in [7, 11) is 1.54. The molecule has 0 fully saturated rings. The summed E-state index contributed by atoms with van der Waals surface area (Å²) in [6.45, 7) is 1.58. The third-order valence-electron chi connectivity index (χ3n) is 3.11. The summed E-state index contributed by atoms with van der Waals surface area (Å²) in [4.78, 5) is 12.9. The van der Waals surface area contributed by atoms with Crippen molar-refractivity contribution in [2.45, 2.75) is 23.2 Å². The number of thioether (sulfide) groups is 1. The maximum Gasteiger partial charge on any atom is 0.419 e. The van der Waals surface area contributed by atoms with Gasteiger partial charge in [-0.15, -0.1) is 11.8 Å². The number of rotatable bonds is 5. The zero-order valence-electron chi connectivity index (χ0n) is 13.0. The van der Waals surface area contributed by atoms with Gasteiger partial charge in [0.15, 0.2) is 0 Å². The Morgan fingerprint density at radius 3 is 2.29 bits per heavy atom. The lowest BCUT2D eigenvalue weighted by Crippen LogP contribution is -2.21. The lowest BCUT2D eigenvalue weighted by Gasteiger charge is -2.15. The van der Waals surface area contributed by atoms with Gasteiger partial charge in [0, 0.05) is 4.90 Å². The van der Waals surface area contributed by atoms with E-state index in [1.165, 1.54) is 23.9 Å². The van der Waals surface area contributed by atoms with Crippen LogP contribution in [-0.4, -0.2) is 18.3 Å². The van der Waals surface area contributed by atoms with Crippen LogP contribution in [0.2, 0.25) is 0 Å². The van der Waals surface area contributed by atoms with E-state index in [0.29, 0.717) is 5.75 Å². The molecule has 24 heavy (non-hydrogen) atoms. The van der Waals surface area contributed by atoms with Gasteiger partial charge in [-0.25, -0.2) is 0 Å². The molecule has 0 saturated carbocycles. The number of halogens is 3. The SMILES string of the molecule is COc1ccc(SC(C)C(=O)Oc2ccccc2C(F)(F)F)cc1. The van der Waals surface area contributed by atoms with Gasteiger partial charge in [-0.05, 0) is 43.3 Å². The number of hydrogen-bond acceptors (Lipinski definition) is 4. The number of para-hydroxylation sites is 1. The Hall–Kier alpha value is -2.15. The Labute approximate surface area is 141 Å². The monoisotopic (exact) mass is 356 g/mol. The molecule has 0 saturated heterocycles. The molecule has 2 aromatic rings. The molecule has 0 aromatic heterocycles. The molecule has 2 rings (SSSR count). The number of hydrogen-bond donors (Lipinski definition) is 0. The van der Waals surface area contributed by atoms with Crippen molar-refractivity contribution in [2.75, 3.05) is 7.11 Å². The second-order valence-electron chi connectivity index (χ2n) is 4.85. The minimum absolute atomic E-state index is 0.489. The van der Waals surface area contributed by atoms with E-state index in [1.807, 2.05) is 0 Å². The van der Waals surface area contributed by atoms with Crippen molar-refractivity contribution in [1.82, 2.24) is 0 Å². The summed E-state index contributed by atoms with van der Waals surface area (Å²) in [5.74, 6) is -0.557. The molecule has 0 spiro atoms. The fourth-order valence-corrected chi connectivity index (χ4v) is 2.73. The average Bonchev–Trinajstić information content (AvgIpc) is 2.55. The topological polar surface area (TPSA) is 35.5 Å². The molecule has 128 valence electrons. The summed E-state index contributed by atoms with van der Waals surface area (Å²) in [6, 6.07) is 11.6. The van der Waals surface area contributed by atoms with E-state index in [4.69, 9.17) is 9.47 Å². The van der Waals surface area contributed by atoms with Crippen LogP contribution in [0.5, 0.6) is 11.5 Å². The van der Waals surface area contributed by atoms with E-state index in [0.717, 1.165) is 17.0 Å². The van der Waals surface area contributed by atoms with Crippen LogP contribution in [0.1, 0.15) is 12.5 Å². The highest BCUT2D eigenvalue weighted by Crippen LogP contribution is 2.36. The minimum atomic E-state index is -4.58. The van der Waals surface area contributed by atoms with Gasteiger partial charge in [0.2, 0.25) is 0 Å². The predicted molar refractivity (Wildman–Crippen MR) is 85.4 cm³/mol. The first-order valence-electron chi connectivity index (χ1n) is 7.00. The second-order valence-corrected chi connectivity index (χ2v) is 6.26. The largest absolute Gasteiger partial charge is 0.497 e. The third-order valence-corrected chi connectivity index (χ3v) is 4.20. The smallest absolute Gasteiger partial charge is 0.419 e. The number of carbonyl (C=O) groups is 1. The summed E-state index contributed by atoms with van der Waals surface area (Å²) in [5, 5.41) is -0.667. The molecule has 0 aliphatic heterocycles. The minimum Gasteiger partial charge on any atom is -0.497 e. The highest BCUT2D eigenvalue weighted by molar-refractivity contribution is 8.00. The quantitative estimate of drug-likeness (QED) is 0.438. The first-order valence-corrected chi connectivity index (χ1v) is 7.88. The van der Waals surface area contributed by atoms with Crippen molar-refractivity contribution >= 4 is 17.7 Å². The van der Waals surface area contributed by atoms with Crippen LogP contribution in [-0.2, 0) is 11.0 Å². The maximum atomic E-state index is 12.9. The lowest BCUT2D eigenvalue weighted by molar-refractivity contribution is -0.142. The second kappa shape index (κ2) is 7.61. The molecule has 0 aliphatic carbocycles. The van der Waals surface area contributed by atoms with Gasteiger partial charge in [-0.1, -0.05) is 12.1 Å². The molecule has 1 atom stereocenters. The van der Waals surface area contributed by atoms with Crippen molar-refractivity contribution < 1.29 is 27.4 Å². The summed E-state index contributed by atoms with van der Waals surface area (Å²) in [6.07, 6.45) is -4.58. The van der Waals surface area contributed by atoms with Gasteiger partial charge < -0.3 is 9.47 Å². The average molecular weight is 356 g/mol. The molecule has 0 amide bonds. The summed E-state index contributed by atoms with van der Waals surface area (Å²) < 4.78 is 48.7. The summed E-state index contributed by atoms with van der Waals surface area (Å²) in [5.41, 5.74) is -0.972. The van der Waals surface area contributed by atoms with Crippen LogP contribution in [0, 0.1) is 0 Å². The van der Waals surface area contributed by atoms with Crippen LogP contribution in [0.3, 0.4) is 0 Å². The van der Waals surface area contributed by atoms with Crippen LogP contribution < -0.4 is 9.47 Å². The first kappa shape index (κ1) is 18.2.